The van der Waals surface area contributed by atoms with E-state index in [0.29, 0.717) is 11.0 Å². The number of hydrogen-bond acceptors (Lipinski definition) is 4. The molecule has 0 bridgehead atoms. The topological polar surface area (TPSA) is 63.0 Å². The first-order valence-electron chi connectivity index (χ1n) is 5.12. The molecular weight excluding hydrogens is 284 g/mol. The molecule has 4 nitrogen and oxygen atoms in total. The van der Waals surface area contributed by atoms with Gasteiger partial charge in [0.1, 0.15) is 4.60 Å². The lowest BCUT2D eigenvalue weighted by Gasteiger charge is -2.21. The molecule has 1 aromatic rings. The van der Waals surface area contributed by atoms with Gasteiger partial charge in [0.2, 0.25) is 0 Å². The van der Waals surface area contributed by atoms with Gasteiger partial charge in [0, 0.05) is 12.6 Å². The molecule has 0 saturated carbocycles. The second-order valence-corrected chi connectivity index (χ2v) is 4.70. The van der Waals surface area contributed by atoms with Gasteiger partial charge in [-0.1, -0.05) is 0 Å². The van der Waals surface area contributed by atoms with Gasteiger partial charge in [-0.2, -0.15) is 5.26 Å². The fourth-order valence-electron chi connectivity index (χ4n) is 1.46. The molecule has 0 aliphatic heterocycles. The minimum atomic E-state index is -0.709. The third-order valence-electron chi connectivity index (χ3n) is 2.67. The Hall–Kier alpha value is -1.41. The molecule has 0 fully saturated rings. The molecule has 0 saturated heterocycles. The number of hydrogen-bond donors (Lipinski definition) is 0. The van der Waals surface area contributed by atoms with Crippen LogP contribution in [0.25, 0.3) is 0 Å². The highest BCUT2D eigenvalue weighted by molar-refractivity contribution is 9.10. The highest BCUT2D eigenvalue weighted by Crippen LogP contribution is 2.29. The number of carbonyl (C=O) groups is 1. The SMILES string of the molecule is COC(=O)CCC(C)(C#N)c1ccnc(Br)c1. The van der Waals surface area contributed by atoms with Gasteiger partial charge in [0.15, 0.2) is 0 Å². The standard InChI is InChI=1S/C12H13BrN2O2/c1-12(8-14,5-3-11(16)17-2)9-4-6-15-10(13)7-9/h4,6-7H,3,5H2,1-2H3. The van der Waals surface area contributed by atoms with Gasteiger partial charge in [-0.15, -0.1) is 0 Å². The van der Waals surface area contributed by atoms with Crippen molar-refractivity contribution in [2.45, 2.75) is 25.2 Å². The number of aromatic nitrogens is 1. The molecule has 1 atom stereocenters. The van der Waals surface area contributed by atoms with E-state index in [2.05, 4.69) is 31.7 Å². The van der Waals surface area contributed by atoms with Crippen molar-refractivity contribution >= 4 is 21.9 Å². The molecule has 1 aromatic heterocycles. The van der Waals surface area contributed by atoms with Crippen LogP contribution in [0.2, 0.25) is 0 Å². The lowest BCUT2D eigenvalue weighted by atomic mass is 9.80. The fraction of sp³-hybridized carbons (Fsp3) is 0.417. The maximum Gasteiger partial charge on any atom is 0.305 e. The van der Waals surface area contributed by atoms with E-state index in [1.165, 1.54) is 7.11 Å². The summed E-state index contributed by atoms with van der Waals surface area (Å²) in [5.41, 5.74) is 0.130. The summed E-state index contributed by atoms with van der Waals surface area (Å²) in [6, 6.07) is 5.82. The molecule has 0 spiro atoms. The molecule has 0 aliphatic carbocycles. The Kier molecular flexibility index (Phi) is 4.64. The van der Waals surface area contributed by atoms with Gasteiger partial charge in [-0.3, -0.25) is 4.79 Å². The van der Waals surface area contributed by atoms with Crippen LogP contribution in [0.3, 0.4) is 0 Å². The summed E-state index contributed by atoms with van der Waals surface area (Å²) in [7, 11) is 1.34. The van der Waals surface area contributed by atoms with E-state index < -0.39 is 5.41 Å². The molecule has 1 rings (SSSR count). The van der Waals surface area contributed by atoms with Crippen molar-refractivity contribution in [3.8, 4) is 6.07 Å². The van der Waals surface area contributed by atoms with Gasteiger partial charge in [-0.05, 0) is 47.0 Å². The number of nitriles is 1. The molecule has 17 heavy (non-hydrogen) atoms. The van der Waals surface area contributed by atoms with Crippen LogP contribution in [0.4, 0.5) is 0 Å². The summed E-state index contributed by atoms with van der Waals surface area (Å²) in [6.07, 6.45) is 2.28. The first-order chi connectivity index (χ1) is 8.01. The van der Waals surface area contributed by atoms with Crippen LogP contribution in [-0.2, 0) is 14.9 Å². The zero-order chi connectivity index (χ0) is 12.9. The number of carbonyl (C=O) groups excluding carboxylic acids is 1. The fourth-order valence-corrected chi connectivity index (χ4v) is 1.83. The average Bonchev–Trinajstić information content (AvgIpc) is 2.35. The summed E-state index contributed by atoms with van der Waals surface area (Å²) < 4.78 is 5.26. The second-order valence-electron chi connectivity index (χ2n) is 3.89. The van der Waals surface area contributed by atoms with E-state index in [0.717, 1.165) is 5.56 Å². The van der Waals surface area contributed by atoms with Crippen molar-refractivity contribution in [1.82, 2.24) is 4.98 Å². The minimum Gasteiger partial charge on any atom is -0.469 e. The van der Waals surface area contributed by atoms with Crippen molar-refractivity contribution in [2.75, 3.05) is 7.11 Å². The molecule has 1 heterocycles. The molecule has 0 radical (unpaired) electrons. The second kappa shape index (κ2) is 5.78. The Morgan fingerprint density at radius 3 is 2.94 bits per heavy atom. The largest absolute Gasteiger partial charge is 0.469 e. The predicted octanol–water partition coefficient (Wildman–Crippen LogP) is 2.58. The van der Waals surface area contributed by atoms with Crippen LogP contribution >= 0.6 is 15.9 Å². The van der Waals surface area contributed by atoms with Crippen molar-refractivity contribution in [2.24, 2.45) is 0 Å². The van der Waals surface area contributed by atoms with Crippen LogP contribution in [0.5, 0.6) is 0 Å². The van der Waals surface area contributed by atoms with E-state index in [-0.39, 0.29) is 12.4 Å². The Bertz CT molecular complexity index is 456. The summed E-state index contributed by atoms with van der Waals surface area (Å²) in [4.78, 5) is 15.1. The van der Waals surface area contributed by atoms with E-state index in [4.69, 9.17) is 0 Å². The van der Waals surface area contributed by atoms with Crippen molar-refractivity contribution in [3.05, 3.63) is 28.5 Å². The van der Waals surface area contributed by atoms with E-state index in [9.17, 15) is 10.1 Å². The first-order valence-corrected chi connectivity index (χ1v) is 5.91. The van der Waals surface area contributed by atoms with Gasteiger partial charge < -0.3 is 4.74 Å². The Labute approximate surface area is 109 Å². The first kappa shape index (κ1) is 13.7. The number of nitrogens with zero attached hydrogens (tertiary/aromatic N) is 2. The molecule has 90 valence electrons. The molecule has 0 aromatic carbocycles. The molecule has 1 unspecified atom stereocenters. The number of esters is 1. The van der Waals surface area contributed by atoms with Crippen LogP contribution in [-0.4, -0.2) is 18.1 Å². The normalized spacial score (nSPS) is 13.5. The number of methoxy groups -OCH3 is 1. The highest BCUT2D eigenvalue weighted by atomic mass is 79.9. The zero-order valence-corrected chi connectivity index (χ0v) is 11.3. The maximum absolute atomic E-state index is 11.1. The smallest absolute Gasteiger partial charge is 0.305 e. The van der Waals surface area contributed by atoms with Crippen LogP contribution in [0, 0.1) is 11.3 Å². The number of pyridine rings is 1. The molecule has 5 heteroatoms. The number of halogens is 1. The Morgan fingerprint density at radius 2 is 2.41 bits per heavy atom. The summed E-state index contributed by atoms with van der Waals surface area (Å²) in [5.74, 6) is -0.306. The highest BCUT2D eigenvalue weighted by Gasteiger charge is 2.27. The van der Waals surface area contributed by atoms with Crippen molar-refractivity contribution < 1.29 is 9.53 Å². The van der Waals surface area contributed by atoms with E-state index in [1.807, 2.05) is 0 Å². The quantitative estimate of drug-likeness (QED) is 0.633. The molecule has 0 N–H and O–H groups in total. The van der Waals surface area contributed by atoms with Gasteiger partial charge in [0.05, 0.1) is 18.6 Å². The lowest BCUT2D eigenvalue weighted by molar-refractivity contribution is -0.140. The van der Waals surface area contributed by atoms with E-state index >= 15 is 0 Å². The van der Waals surface area contributed by atoms with Gasteiger partial charge in [0.25, 0.3) is 0 Å². The maximum atomic E-state index is 11.1. The molecular formula is C12H13BrN2O2. The third kappa shape index (κ3) is 3.53. The minimum absolute atomic E-state index is 0.223. The Morgan fingerprint density at radius 1 is 1.71 bits per heavy atom. The number of rotatable bonds is 4. The number of ether oxygens (including phenoxy) is 1. The van der Waals surface area contributed by atoms with Gasteiger partial charge in [-0.25, -0.2) is 4.98 Å². The van der Waals surface area contributed by atoms with Crippen LogP contribution < -0.4 is 0 Å². The predicted molar refractivity (Wildman–Crippen MR) is 66.2 cm³/mol. The molecule has 0 aliphatic rings. The summed E-state index contributed by atoms with van der Waals surface area (Å²) >= 11 is 3.27. The zero-order valence-electron chi connectivity index (χ0n) is 9.74. The monoisotopic (exact) mass is 296 g/mol. The third-order valence-corrected chi connectivity index (χ3v) is 3.10. The Balaban J connectivity index is 2.89. The average molecular weight is 297 g/mol. The van der Waals surface area contributed by atoms with Crippen LogP contribution in [0.1, 0.15) is 25.3 Å². The van der Waals surface area contributed by atoms with Crippen molar-refractivity contribution in [1.29, 1.82) is 5.26 Å². The summed E-state index contributed by atoms with van der Waals surface area (Å²) in [5, 5.41) is 9.28. The summed E-state index contributed by atoms with van der Waals surface area (Å²) in [6.45, 7) is 1.80. The van der Waals surface area contributed by atoms with Crippen LogP contribution in [0.15, 0.2) is 22.9 Å². The molecule has 0 amide bonds. The van der Waals surface area contributed by atoms with E-state index in [1.54, 1.807) is 25.3 Å². The van der Waals surface area contributed by atoms with Crippen molar-refractivity contribution in [3.63, 3.8) is 0 Å². The lowest BCUT2D eigenvalue weighted by Crippen LogP contribution is -2.21. The van der Waals surface area contributed by atoms with Gasteiger partial charge >= 0.3 is 5.97 Å².